The average Bonchev–Trinajstić information content (AvgIpc) is 3.38. The van der Waals surface area contributed by atoms with Crippen LogP contribution in [0.15, 0.2) is 28.8 Å². The number of carbonyl (C=O) groups is 1. The minimum Gasteiger partial charge on any atom is -0.477 e. The number of hydrogen-bond donors (Lipinski definition) is 3. The van der Waals surface area contributed by atoms with Crippen LogP contribution in [-0.2, 0) is 6.54 Å². The second-order valence-corrected chi connectivity index (χ2v) is 9.29. The third kappa shape index (κ3) is 3.46. The average molecular weight is 471 g/mol. The van der Waals surface area contributed by atoms with Gasteiger partial charge in [0.05, 0.1) is 22.3 Å². The Balaban J connectivity index is 1.56. The van der Waals surface area contributed by atoms with E-state index in [0.29, 0.717) is 23.8 Å². The number of anilines is 2. The Kier molecular flexibility index (Phi) is 4.70. The summed E-state index contributed by atoms with van der Waals surface area (Å²) in [7, 11) is 0. The van der Waals surface area contributed by atoms with E-state index in [-0.39, 0.29) is 5.69 Å². The molecule has 5 aromatic rings. The lowest BCUT2D eigenvalue weighted by Crippen LogP contribution is -2.07. The van der Waals surface area contributed by atoms with Crippen LogP contribution < -0.4 is 5.32 Å². The second kappa shape index (κ2) is 7.69. The molecule has 9 heteroatoms. The summed E-state index contributed by atoms with van der Waals surface area (Å²) in [5, 5.41) is 23.8. The van der Waals surface area contributed by atoms with Gasteiger partial charge in [0.2, 0.25) is 0 Å². The number of rotatable bonds is 6. The number of aromatic nitrogens is 5. The number of hydrogen-bond acceptors (Lipinski definition) is 6. The van der Waals surface area contributed by atoms with Crippen LogP contribution in [0.1, 0.15) is 58.9 Å². The normalized spacial score (nSPS) is 13.7. The van der Waals surface area contributed by atoms with Gasteiger partial charge in [-0.25, -0.2) is 14.5 Å². The highest BCUT2D eigenvalue weighted by Crippen LogP contribution is 2.41. The van der Waals surface area contributed by atoms with Crippen molar-refractivity contribution in [3.05, 3.63) is 52.7 Å². The molecule has 35 heavy (non-hydrogen) atoms. The Morgan fingerprint density at radius 3 is 2.66 bits per heavy atom. The van der Waals surface area contributed by atoms with Gasteiger partial charge in [-0.3, -0.25) is 0 Å². The van der Waals surface area contributed by atoms with E-state index in [1.54, 1.807) is 6.07 Å². The summed E-state index contributed by atoms with van der Waals surface area (Å²) in [6, 6.07) is 7.82. The van der Waals surface area contributed by atoms with Crippen LogP contribution in [0.3, 0.4) is 0 Å². The van der Waals surface area contributed by atoms with Crippen molar-refractivity contribution in [1.29, 1.82) is 0 Å². The van der Waals surface area contributed by atoms with E-state index in [4.69, 9.17) is 9.62 Å². The molecule has 178 valence electrons. The number of aromatic amines is 1. The molecule has 9 nitrogen and oxygen atoms in total. The summed E-state index contributed by atoms with van der Waals surface area (Å²) in [5.74, 6) is 1.50. The van der Waals surface area contributed by atoms with E-state index < -0.39 is 5.97 Å². The van der Waals surface area contributed by atoms with Crippen molar-refractivity contribution in [1.82, 2.24) is 24.9 Å². The van der Waals surface area contributed by atoms with Gasteiger partial charge in [-0.1, -0.05) is 5.16 Å². The van der Waals surface area contributed by atoms with Crippen molar-refractivity contribution >= 4 is 39.4 Å². The van der Waals surface area contributed by atoms with E-state index >= 15 is 0 Å². The first-order valence-electron chi connectivity index (χ1n) is 11.8. The predicted molar refractivity (Wildman–Crippen MR) is 133 cm³/mol. The third-order valence-electron chi connectivity index (χ3n) is 6.78. The van der Waals surface area contributed by atoms with Crippen molar-refractivity contribution in [3.63, 3.8) is 0 Å². The number of benzene rings is 1. The monoisotopic (exact) mass is 470 g/mol. The zero-order chi connectivity index (χ0) is 24.4. The van der Waals surface area contributed by atoms with Crippen molar-refractivity contribution in [2.75, 3.05) is 5.32 Å². The van der Waals surface area contributed by atoms with E-state index in [9.17, 15) is 9.90 Å². The molecule has 1 aliphatic carbocycles. The minimum absolute atomic E-state index is 0.0285. The molecule has 0 spiro atoms. The zero-order valence-electron chi connectivity index (χ0n) is 20.1. The number of nitrogens with zero attached hydrogens (tertiary/aromatic N) is 4. The molecular weight excluding hydrogens is 444 g/mol. The summed E-state index contributed by atoms with van der Waals surface area (Å²) in [6.07, 6.45) is 2.32. The van der Waals surface area contributed by atoms with E-state index in [2.05, 4.69) is 45.6 Å². The summed E-state index contributed by atoms with van der Waals surface area (Å²) in [6.45, 7) is 8.63. The molecule has 0 bridgehead atoms. The molecule has 1 fully saturated rings. The van der Waals surface area contributed by atoms with Crippen LogP contribution >= 0.6 is 0 Å². The largest absolute Gasteiger partial charge is 0.477 e. The van der Waals surface area contributed by atoms with E-state index in [0.717, 1.165) is 68.8 Å². The molecule has 1 aliphatic rings. The highest BCUT2D eigenvalue weighted by Gasteiger charge is 2.28. The van der Waals surface area contributed by atoms with Crippen molar-refractivity contribution in [3.8, 4) is 11.1 Å². The third-order valence-corrected chi connectivity index (χ3v) is 6.78. The van der Waals surface area contributed by atoms with Crippen molar-refractivity contribution < 1.29 is 14.4 Å². The van der Waals surface area contributed by atoms with Crippen molar-refractivity contribution in [2.45, 2.75) is 53.0 Å². The standard InChI is InChI=1S/C26H26N6O3/c1-5-32-22(11-18(30-32)15-6-7-15)29-25-24-17-8-12(2)16(23-13(3)31-35-14(23)4)9-19(17)27-20(24)10-21(28-25)26(33)34/h8-11,15,27H,5-7H2,1-4H3,(H,28,29)(H,33,34). The Morgan fingerprint density at radius 2 is 2.00 bits per heavy atom. The van der Waals surface area contributed by atoms with Crippen LogP contribution in [0.5, 0.6) is 0 Å². The van der Waals surface area contributed by atoms with Gasteiger partial charge >= 0.3 is 5.97 Å². The fourth-order valence-electron chi connectivity index (χ4n) is 4.89. The van der Waals surface area contributed by atoms with Gasteiger partial charge in [0.25, 0.3) is 0 Å². The topological polar surface area (TPSA) is 122 Å². The minimum atomic E-state index is -1.08. The number of aryl methyl sites for hydroxylation is 4. The Hall–Kier alpha value is -4.14. The number of fused-ring (bicyclic) bond motifs is 3. The summed E-state index contributed by atoms with van der Waals surface area (Å²) in [4.78, 5) is 19.8. The zero-order valence-corrected chi connectivity index (χ0v) is 20.1. The number of pyridine rings is 1. The number of carboxylic acid groups (broad SMARTS) is 1. The first-order valence-corrected chi connectivity index (χ1v) is 11.8. The first-order chi connectivity index (χ1) is 16.8. The Bertz CT molecular complexity index is 1620. The molecule has 0 saturated heterocycles. The molecule has 0 radical (unpaired) electrons. The van der Waals surface area contributed by atoms with Crippen LogP contribution in [0, 0.1) is 20.8 Å². The number of nitrogens with one attached hydrogen (secondary N) is 2. The number of H-pyrrole nitrogens is 1. The quantitative estimate of drug-likeness (QED) is 0.285. The van der Waals surface area contributed by atoms with Gasteiger partial charge in [-0.15, -0.1) is 0 Å². The molecule has 3 N–H and O–H groups in total. The van der Waals surface area contributed by atoms with Crippen molar-refractivity contribution in [2.24, 2.45) is 0 Å². The molecule has 0 atom stereocenters. The van der Waals surface area contributed by atoms with E-state index in [1.165, 1.54) is 0 Å². The predicted octanol–water partition coefficient (Wildman–Crippen LogP) is 5.83. The van der Waals surface area contributed by atoms with Crippen LogP contribution in [0.2, 0.25) is 0 Å². The molecule has 0 amide bonds. The van der Waals surface area contributed by atoms with E-state index in [1.807, 2.05) is 25.5 Å². The highest BCUT2D eigenvalue weighted by molar-refractivity contribution is 6.15. The van der Waals surface area contributed by atoms with Crippen LogP contribution in [0.4, 0.5) is 11.6 Å². The van der Waals surface area contributed by atoms with Gasteiger partial charge in [0, 0.05) is 35.0 Å². The molecule has 4 heterocycles. The molecule has 6 rings (SSSR count). The van der Waals surface area contributed by atoms with Gasteiger partial charge in [-0.2, -0.15) is 5.10 Å². The fourth-order valence-corrected chi connectivity index (χ4v) is 4.89. The molecule has 1 saturated carbocycles. The summed E-state index contributed by atoms with van der Waals surface area (Å²) in [5.41, 5.74) is 6.53. The van der Waals surface area contributed by atoms with Crippen LogP contribution in [-0.4, -0.2) is 36.0 Å². The SMILES string of the molecule is CCn1nc(C2CC2)cc1Nc1nc(C(=O)O)cc2[nH]c3cc(-c4c(C)noc4C)c(C)cc3c12. The maximum Gasteiger partial charge on any atom is 0.354 e. The second-order valence-electron chi connectivity index (χ2n) is 9.29. The fraction of sp³-hybridized carbons (Fsp3) is 0.308. The Labute approximate surface area is 201 Å². The lowest BCUT2D eigenvalue weighted by molar-refractivity contribution is 0.0691. The van der Waals surface area contributed by atoms with Gasteiger partial charge in [-0.05, 0) is 69.9 Å². The van der Waals surface area contributed by atoms with Gasteiger partial charge in [0.15, 0.2) is 5.69 Å². The van der Waals surface area contributed by atoms with Gasteiger partial charge in [0.1, 0.15) is 17.4 Å². The van der Waals surface area contributed by atoms with Gasteiger partial charge < -0.3 is 19.9 Å². The maximum atomic E-state index is 11.9. The summed E-state index contributed by atoms with van der Waals surface area (Å²) < 4.78 is 7.30. The first kappa shape index (κ1) is 21.4. The summed E-state index contributed by atoms with van der Waals surface area (Å²) >= 11 is 0. The lowest BCUT2D eigenvalue weighted by Gasteiger charge is -2.10. The number of carboxylic acids is 1. The maximum absolute atomic E-state index is 11.9. The molecule has 1 aromatic carbocycles. The number of aromatic carboxylic acids is 1. The Morgan fingerprint density at radius 1 is 1.20 bits per heavy atom. The highest BCUT2D eigenvalue weighted by atomic mass is 16.5. The smallest absolute Gasteiger partial charge is 0.354 e. The lowest BCUT2D eigenvalue weighted by atomic mass is 9.97. The van der Waals surface area contributed by atoms with Crippen LogP contribution in [0.25, 0.3) is 32.9 Å². The molecule has 0 unspecified atom stereocenters. The molecular formula is C26H26N6O3. The molecule has 4 aromatic heterocycles. The molecule has 0 aliphatic heterocycles.